The smallest absolute Gasteiger partial charge is 0.376 e. The van der Waals surface area contributed by atoms with Crippen LogP contribution in [0.2, 0.25) is 4.34 Å². The lowest BCUT2D eigenvalue weighted by Gasteiger charge is -2.15. The maximum absolute atomic E-state index is 11.8. The number of carbonyl (C=O) groups is 1. The fraction of sp³-hybridized carbons (Fsp3) is 0.385. The third-order valence-electron chi connectivity index (χ3n) is 2.49. The van der Waals surface area contributed by atoms with E-state index in [1.165, 1.54) is 18.4 Å². The Balaban J connectivity index is 2.54. The summed E-state index contributed by atoms with van der Waals surface area (Å²) in [4.78, 5) is 17.0. The molecule has 2 aromatic rings. The molecule has 0 saturated heterocycles. The van der Waals surface area contributed by atoms with Crippen LogP contribution >= 0.6 is 22.9 Å². The van der Waals surface area contributed by atoms with Crippen LogP contribution in [0, 0.1) is 0 Å². The summed E-state index contributed by atoms with van der Waals surface area (Å²) in [5, 5.41) is 0. The van der Waals surface area contributed by atoms with E-state index in [9.17, 15) is 4.79 Å². The number of methoxy groups -OCH3 is 1. The molecule has 0 aliphatic rings. The SMILES string of the molecule is COC(=O)c1oc(-c2ccc(Cl)s2)nc1C(C)(C)C. The molecule has 2 heterocycles. The Bertz CT molecular complexity index is 610. The maximum atomic E-state index is 11.8. The molecule has 0 radical (unpaired) electrons. The van der Waals surface area contributed by atoms with Gasteiger partial charge in [-0.3, -0.25) is 0 Å². The summed E-state index contributed by atoms with van der Waals surface area (Å²) in [6, 6.07) is 3.58. The summed E-state index contributed by atoms with van der Waals surface area (Å²) in [5.74, 6) is 0.0167. The minimum atomic E-state index is -0.522. The van der Waals surface area contributed by atoms with Crippen molar-refractivity contribution in [3.05, 3.63) is 27.9 Å². The number of carbonyl (C=O) groups excluding carboxylic acids is 1. The predicted molar refractivity (Wildman–Crippen MR) is 74.9 cm³/mol. The van der Waals surface area contributed by atoms with E-state index in [-0.39, 0.29) is 11.2 Å². The molecule has 0 aliphatic carbocycles. The lowest BCUT2D eigenvalue weighted by Crippen LogP contribution is -2.17. The predicted octanol–water partition coefficient (Wildman–Crippen LogP) is 4.14. The van der Waals surface area contributed by atoms with Crippen LogP contribution in [0.15, 0.2) is 16.5 Å². The van der Waals surface area contributed by atoms with Crippen LogP contribution in [-0.2, 0) is 10.2 Å². The number of rotatable bonds is 2. The van der Waals surface area contributed by atoms with Gasteiger partial charge in [0, 0.05) is 5.41 Å². The second-order valence-electron chi connectivity index (χ2n) is 5.04. The molecule has 2 aromatic heterocycles. The Morgan fingerprint density at radius 1 is 1.42 bits per heavy atom. The summed E-state index contributed by atoms with van der Waals surface area (Å²) in [5.41, 5.74) is 0.269. The highest BCUT2D eigenvalue weighted by Gasteiger charge is 2.30. The minimum Gasteiger partial charge on any atom is -0.463 e. The number of hydrogen-bond acceptors (Lipinski definition) is 5. The van der Waals surface area contributed by atoms with Crippen molar-refractivity contribution >= 4 is 28.9 Å². The van der Waals surface area contributed by atoms with Crippen molar-refractivity contribution in [3.8, 4) is 10.8 Å². The standard InChI is InChI=1S/C13H14ClNO3S/c1-13(2,3)10-9(12(16)17-4)18-11(15-10)7-5-6-8(14)19-7/h5-6H,1-4H3. The summed E-state index contributed by atoms with van der Waals surface area (Å²) >= 11 is 7.24. The first-order valence-electron chi connectivity index (χ1n) is 5.68. The molecule has 19 heavy (non-hydrogen) atoms. The highest BCUT2D eigenvalue weighted by molar-refractivity contribution is 7.19. The van der Waals surface area contributed by atoms with E-state index in [1.54, 1.807) is 6.07 Å². The second kappa shape index (κ2) is 4.98. The third kappa shape index (κ3) is 2.82. The lowest BCUT2D eigenvalue weighted by atomic mass is 9.91. The quantitative estimate of drug-likeness (QED) is 0.782. The van der Waals surface area contributed by atoms with Gasteiger partial charge in [-0.05, 0) is 12.1 Å². The van der Waals surface area contributed by atoms with Crippen molar-refractivity contribution in [1.82, 2.24) is 4.98 Å². The molecule has 0 N–H and O–H groups in total. The van der Waals surface area contributed by atoms with Crippen LogP contribution < -0.4 is 0 Å². The molecule has 0 amide bonds. The summed E-state index contributed by atoms with van der Waals surface area (Å²) in [6.45, 7) is 5.88. The molecule has 0 atom stereocenters. The molecule has 0 saturated carbocycles. The first kappa shape index (κ1) is 14.1. The third-order valence-corrected chi connectivity index (χ3v) is 3.71. The highest BCUT2D eigenvalue weighted by Crippen LogP contribution is 2.34. The normalized spacial score (nSPS) is 11.6. The Morgan fingerprint density at radius 2 is 2.11 bits per heavy atom. The molecule has 0 bridgehead atoms. The minimum absolute atomic E-state index is 0.148. The maximum Gasteiger partial charge on any atom is 0.376 e. The van der Waals surface area contributed by atoms with Crippen molar-refractivity contribution in [2.75, 3.05) is 7.11 Å². The number of hydrogen-bond donors (Lipinski definition) is 0. The Morgan fingerprint density at radius 3 is 2.58 bits per heavy atom. The van der Waals surface area contributed by atoms with Gasteiger partial charge in [0.1, 0.15) is 5.69 Å². The molecule has 4 nitrogen and oxygen atoms in total. The number of thiophene rings is 1. The van der Waals surface area contributed by atoms with E-state index in [0.717, 1.165) is 4.88 Å². The molecule has 0 fully saturated rings. The van der Waals surface area contributed by atoms with E-state index < -0.39 is 5.97 Å². The zero-order valence-corrected chi connectivity index (χ0v) is 12.7. The van der Waals surface area contributed by atoms with Crippen molar-refractivity contribution in [1.29, 1.82) is 0 Å². The molecule has 0 spiro atoms. The van der Waals surface area contributed by atoms with Gasteiger partial charge in [0.05, 0.1) is 16.3 Å². The number of halogens is 1. The van der Waals surface area contributed by atoms with E-state index in [4.69, 9.17) is 20.8 Å². The second-order valence-corrected chi connectivity index (χ2v) is 6.76. The molecule has 6 heteroatoms. The molecule has 102 valence electrons. The van der Waals surface area contributed by atoms with Crippen molar-refractivity contribution < 1.29 is 13.9 Å². The van der Waals surface area contributed by atoms with Gasteiger partial charge in [0.15, 0.2) is 0 Å². The molecular weight excluding hydrogens is 286 g/mol. The van der Waals surface area contributed by atoms with Gasteiger partial charge in [0.25, 0.3) is 0 Å². The van der Waals surface area contributed by atoms with Gasteiger partial charge in [0.2, 0.25) is 11.7 Å². The van der Waals surface area contributed by atoms with Crippen LogP contribution in [0.4, 0.5) is 0 Å². The van der Waals surface area contributed by atoms with Gasteiger partial charge in [-0.25, -0.2) is 9.78 Å². The first-order valence-corrected chi connectivity index (χ1v) is 6.87. The molecule has 0 aromatic carbocycles. The average molecular weight is 300 g/mol. The number of nitrogens with zero attached hydrogens (tertiary/aromatic N) is 1. The van der Waals surface area contributed by atoms with Crippen molar-refractivity contribution in [2.45, 2.75) is 26.2 Å². The van der Waals surface area contributed by atoms with Crippen LogP contribution in [-0.4, -0.2) is 18.1 Å². The molecule has 0 aliphatic heterocycles. The average Bonchev–Trinajstić information content (AvgIpc) is 2.92. The first-order chi connectivity index (χ1) is 8.82. The number of esters is 1. The van der Waals surface area contributed by atoms with Gasteiger partial charge < -0.3 is 9.15 Å². The zero-order chi connectivity index (χ0) is 14.2. The summed E-state index contributed by atoms with van der Waals surface area (Å²) in [6.07, 6.45) is 0. The summed E-state index contributed by atoms with van der Waals surface area (Å²) in [7, 11) is 1.32. The molecule has 2 rings (SSSR count). The largest absolute Gasteiger partial charge is 0.463 e. The number of aromatic nitrogens is 1. The van der Waals surface area contributed by atoms with Gasteiger partial charge >= 0.3 is 5.97 Å². The van der Waals surface area contributed by atoms with Crippen LogP contribution in [0.5, 0.6) is 0 Å². The highest BCUT2D eigenvalue weighted by atomic mass is 35.5. The Labute approximate surface area is 120 Å². The fourth-order valence-electron chi connectivity index (χ4n) is 1.59. The van der Waals surface area contributed by atoms with E-state index in [2.05, 4.69) is 4.98 Å². The topological polar surface area (TPSA) is 52.3 Å². The van der Waals surface area contributed by atoms with Crippen LogP contribution in [0.25, 0.3) is 10.8 Å². The van der Waals surface area contributed by atoms with E-state index in [0.29, 0.717) is 15.9 Å². The zero-order valence-electron chi connectivity index (χ0n) is 11.1. The monoisotopic (exact) mass is 299 g/mol. The molecule has 0 unspecified atom stereocenters. The van der Waals surface area contributed by atoms with Gasteiger partial charge in [-0.1, -0.05) is 32.4 Å². The van der Waals surface area contributed by atoms with Crippen molar-refractivity contribution in [3.63, 3.8) is 0 Å². The summed E-state index contributed by atoms with van der Waals surface area (Å²) < 4.78 is 10.9. The number of ether oxygens (including phenoxy) is 1. The van der Waals surface area contributed by atoms with Crippen molar-refractivity contribution in [2.24, 2.45) is 0 Å². The van der Waals surface area contributed by atoms with Crippen LogP contribution in [0.3, 0.4) is 0 Å². The fourth-order valence-corrected chi connectivity index (χ4v) is 2.56. The van der Waals surface area contributed by atoms with Gasteiger partial charge in [-0.15, -0.1) is 11.3 Å². The van der Waals surface area contributed by atoms with E-state index >= 15 is 0 Å². The lowest BCUT2D eigenvalue weighted by molar-refractivity contribution is 0.0562. The Hall–Kier alpha value is -1.33. The van der Waals surface area contributed by atoms with E-state index in [1.807, 2.05) is 26.8 Å². The number of oxazole rings is 1. The molecular formula is C13H14ClNO3S. The van der Waals surface area contributed by atoms with Crippen LogP contribution in [0.1, 0.15) is 37.0 Å². The van der Waals surface area contributed by atoms with Gasteiger partial charge in [-0.2, -0.15) is 0 Å². The Kier molecular flexibility index (Phi) is 3.69.